The molecule has 2 unspecified atom stereocenters. The highest BCUT2D eigenvalue weighted by molar-refractivity contribution is 5.31. The summed E-state index contributed by atoms with van der Waals surface area (Å²) in [5.74, 6) is 2.41. The number of hydrogen-bond acceptors (Lipinski definition) is 1. The van der Waals surface area contributed by atoms with Crippen molar-refractivity contribution in [1.29, 1.82) is 0 Å². The molecule has 2 aromatic rings. The molecule has 1 aliphatic rings. The highest BCUT2D eigenvalue weighted by Crippen LogP contribution is 2.43. The molecule has 0 saturated heterocycles. The van der Waals surface area contributed by atoms with Gasteiger partial charge < -0.3 is 4.74 Å². The quantitative estimate of drug-likeness (QED) is 0.744. The highest BCUT2D eigenvalue weighted by Gasteiger charge is 2.26. The van der Waals surface area contributed by atoms with E-state index in [1.54, 1.807) is 0 Å². The van der Waals surface area contributed by atoms with Crippen molar-refractivity contribution in [2.24, 2.45) is 0 Å². The molecule has 1 heteroatoms. The lowest BCUT2D eigenvalue weighted by Crippen LogP contribution is -1.96. The Morgan fingerprint density at radius 3 is 2.05 bits per heavy atom. The third kappa shape index (κ3) is 2.87. The van der Waals surface area contributed by atoms with Crippen LogP contribution in [0.3, 0.4) is 0 Å². The average Bonchev–Trinajstić information content (AvgIpc) is 2.99. The lowest BCUT2D eigenvalue weighted by Gasteiger charge is -2.13. The van der Waals surface area contributed by atoms with E-state index >= 15 is 0 Å². The maximum atomic E-state index is 5.51. The van der Waals surface area contributed by atoms with Gasteiger partial charge in [-0.25, -0.2) is 0 Å². The fourth-order valence-corrected chi connectivity index (χ4v) is 3.32. The zero-order valence-electron chi connectivity index (χ0n) is 12.1. The van der Waals surface area contributed by atoms with E-state index in [2.05, 4.69) is 54.6 Å². The van der Waals surface area contributed by atoms with E-state index in [4.69, 9.17) is 4.74 Å². The Labute approximate surface area is 121 Å². The van der Waals surface area contributed by atoms with Crippen molar-refractivity contribution < 1.29 is 4.74 Å². The fourth-order valence-electron chi connectivity index (χ4n) is 3.32. The normalized spacial score (nSPS) is 21.9. The van der Waals surface area contributed by atoms with Crippen LogP contribution in [-0.4, -0.2) is 6.61 Å². The van der Waals surface area contributed by atoms with Crippen LogP contribution < -0.4 is 4.74 Å². The van der Waals surface area contributed by atoms with Crippen LogP contribution >= 0.6 is 0 Å². The zero-order chi connectivity index (χ0) is 13.8. The van der Waals surface area contributed by atoms with E-state index in [1.807, 2.05) is 6.92 Å². The molecule has 1 nitrogen and oxygen atoms in total. The summed E-state index contributed by atoms with van der Waals surface area (Å²) >= 11 is 0. The molecule has 104 valence electrons. The van der Waals surface area contributed by atoms with Gasteiger partial charge in [-0.15, -0.1) is 0 Å². The third-order valence-electron chi connectivity index (χ3n) is 4.37. The molecule has 0 heterocycles. The van der Waals surface area contributed by atoms with Gasteiger partial charge in [-0.1, -0.05) is 42.5 Å². The molecule has 0 bridgehead atoms. The van der Waals surface area contributed by atoms with E-state index in [-0.39, 0.29) is 0 Å². The first-order chi connectivity index (χ1) is 9.86. The summed E-state index contributed by atoms with van der Waals surface area (Å²) in [6.45, 7) is 2.76. The Morgan fingerprint density at radius 1 is 0.850 bits per heavy atom. The van der Waals surface area contributed by atoms with Crippen molar-refractivity contribution in [2.75, 3.05) is 6.61 Å². The fraction of sp³-hybridized carbons (Fsp3) is 0.368. The molecule has 1 saturated carbocycles. The summed E-state index contributed by atoms with van der Waals surface area (Å²) in [4.78, 5) is 0. The van der Waals surface area contributed by atoms with Gasteiger partial charge in [0.05, 0.1) is 6.61 Å². The molecule has 3 rings (SSSR count). The average molecular weight is 266 g/mol. The SMILES string of the molecule is CCOc1ccc(C2CCC(c3ccccc3)C2)cc1. The lowest BCUT2D eigenvalue weighted by molar-refractivity contribution is 0.340. The molecule has 1 aliphatic carbocycles. The van der Waals surface area contributed by atoms with Gasteiger partial charge in [0.2, 0.25) is 0 Å². The van der Waals surface area contributed by atoms with Crippen molar-refractivity contribution in [3.05, 3.63) is 65.7 Å². The van der Waals surface area contributed by atoms with E-state index < -0.39 is 0 Å². The van der Waals surface area contributed by atoms with Crippen molar-refractivity contribution in [2.45, 2.75) is 38.0 Å². The summed E-state index contributed by atoms with van der Waals surface area (Å²) in [6, 6.07) is 19.6. The molecule has 2 aromatic carbocycles. The Balaban J connectivity index is 1.67. The number of ether oxygens (including phenoxy) is 1. The van der Waals surface area contributed by atoms with Crippen LogP contribution in [0.2, 0.25) is 0 Å². The first-order valence-electron chi connectivity index (χ1n) is 7.64. The standard InChI is InChI=1S/C19H22O/c1-2-20-19-12-10-16(11-13-19)18-9-8-17(14-18)15-6-4-3-5-7-15/h3-7,10-13,17-18H,2,8-9,14H2,1H3. The first-order valence-corrected chi connectivity index (χ1v) is 7.64. The zero-order valence-corrected chi connectivity index (χ0v) is 12.1. The molecule has 0 aliphatic heterocycles. The molecule has 0 radical (unpaired) electrons. The van der Waals surface area contributed by atoms with Crippen LogP contribution in [-0.2, 0) is 0 Å². The maximum absolute atomic E-state index is 5.51. The largest absolute Gasteiger partial charge is 0.494 e. The monoisotopic (exact) mass is 266 g/mol. The molecule has 0 aromatic heterocycles. The summed E-state index contributed by atoms with van der Waals surface area (Å²) in [5.41, 5.74) is 2.97. The Hall–Kier alpha value is -1.76. The van der Waals surface area contributed by atoms with Crippen LogP contribution in [0.15, 0.2) is 54.6 Å². The van der Waals surface area contributed by atoms with Crippen molar-refractivity contribution in [3.63, 3.8) is 0 Å². The topological polar surface area (TPSA) is 9.23 Å². The van der Waals surface area contributed by atoms with Gasteiger partial charge >= 0.3 is 0 Å². The lowest BCUT2D eigenvalue weighted by atomic mass is 9.93. The number of rotatable bonds is 4. The van der Waals surface area contributed by atoms with Crippen LogP contribution in [0, 0.1) is 0 Å². The number of hydrogen-bond donors (Lipinski definition) is 0. The van der Waals surface area contributed by atoms with Gasteiger partial charge in [0.25, 0.3) is 0 Å². The molecular formula is C19H22O. The summed E-state index contributed by atoms with van der Waals surface area (Å²) in [5, 5.41) is 0. The highest BCUT2D eigenvalue weighted by atomic mass is 16.5. The van der Waals surface area contributed by atoms with Crippen LogP contribution in [0.25, 0.3) is 0 Å². The van der Waals surface area contributed by atoms with Gasteiger partial charge in [0.1, 0.15) is 5.75 Å². The van der Waals surface area contributed by atoms with E-state index in [1.165, 1.54) is 30.4 Å². The van der Waals surface area contributed by atoms with Gasteiger partial charge in [-0.2, -0.15) is 0 Å². The predicted molar refractivity (Wildman–Crippen MR) is 83.4 cm³/mol. The smallest absolute Gasteiger partial charge is 0.119 e. The first kappa shape index (κ1) is 13.2. The summed E-state index contributed by atoms with van der Waals surface area (Å²) in [7, 11) is 0. The molecular weight excluding hydrogens is 244 g/mol. The Morgan fingerprint density at radius 2 is 1.45 bits per heavy atom. The second-order valence-electron chi connectivity index (χ2n) is 5.62. The maximum Gasteiger partial charge on any atom is 0.119 e. The van der Waals surface area contributed by atoms with Gasteiger partial charge in [0.15, 0.2) is 0 Å². The van der Waals surface area contributed by atoms with Crippen molar-refractivity contribution >= 4 is 0 Å². The van der Waals surface area contributed by atoms with Gasteiger partial charge in [-0.05, 0) is 61.3 Å². The summed E-state index contributed by atoms with van der Waals surface area (Å²) in [6.07, 6.45) is 3.88. The molecule has 0 spiro atoms. The minimum atomic E-state index is 0.705. The van der Waals surface area contributed by atoms with Crippen molar-refractivity contribution in [3.8, 4) is 5.75 Å². The Kier molecular flexibility index (Phi) is 4.05. The van der Waals surface area contributed by atoms with E-state index in [9.17, 15) is 0 Å². The minimum Gasteiger partial charge on any atom is -0.494 e. The molecule has 20 heavy (non-hydrogen) atoms. The summed E-state index contributed by atoms with van der Waals surface area (Å²) < 4.78 is 5.51. The third-order valence-corrected chi connectivity index (χ3v) is 4.37. The second kappa shape index (κ2) is 6.13. The van der Waals surface area contributed by atoms with E-state index in [0.29, 0.717) is 5.92 Å². The van der Waals surface area contributed by atoms with Gasteiger partial charge in [0, 0.05) is 0 Å². The van der Waals surface area contributed by atoms with Crippen LogP contribution in [0.5, 0.6) is 5.75 Å². The van der Waals surface area contributed by atoms with Crippen LogP contribution in [0.1, 0.15) is 49.1 Å². The second-order valence-corrected chi connectivity index (χ2v) is 5.62. The minimum absolute atomic E-state index is 0.705. The van der Waals surface area contributed by atoms with Crippen molar-refractivity contribution in [1.82, 2.24) is 0 Å². The Bertz CT molecular complexity index is 529. The molecule has 2 atom stereocenters. The van der Waals surface area contributed by atoms with Gasteiger partial charge in [-0.3, -0.25) is 0 Å². The number of benzene rings is 2. The molecule has 1 fully saturated rings. The predicted octanol–water partition coefficient (Wildman–Crippen LogP) is 5.14. The van der Waals surface area contributed by atoms with E-state index in [0.717, 1.165) is 18.3 Å². The molecule has 0 N–H and O–H groups in total. The van der Waals surface area contributed by atoms with Crippen LogP contribution in [0.4, 0.5) is 0 Å². The molecule has 0 amide bonds.